The Morgan fingerprint density at radius 3 is 1.78 bits per heavy atom. The van der Waals surface area contributed by atoms with E-state index in [-0.39, 0.29) is 5.54 Å². The molecule has 0 saturated carbocycles. The van der Waals surface area contributed by atoms with Crippen molar-refractivity contribution in [2.24, 2.45) is 0 Å². The van der Waals surface area contributed by atoms with Crippen LogP contribution in [0.15, 0.2) is 12.2 Å². The molecule has 0 aliphatic heterocycles. The third-order valence-corrected chi connectivity index (χ3v) is 12.7. The molecule has 0 fully saturated rings. The Balaban J connectivity index is 3.25. The zero-order valence-electron chi connectivity index (χ0n) is 12.7. The van der Waals surface area contributed by atoms with Crippen LogP contribution in [0.25, 0.3) is 0 Å². The van der Waals surface area contributed by atoms with E-state index in [1.54, 1.807) is 0 Å². The first kappa shape index (κ1) is 15.9. The van der Waals surface area contributed by atoms with E-state index in [9.17, 15) is 10.2 Å². The van der Waals surface area contributed by atoms with Gasteiger partial charge in [-0.05, 0) is 6.42 Å². The van der Waals surface area contributed by atoms with E-state index in [2.05, 4.69) is 53.7 Å². The van der Waals surface area contributed by atoms with Gasteiger partial charge >= 0.3 is 0 Å². The Kier molecular flexibility index (Phi) is 5.21. The topological polar surface area (TPSA) is 40.5 Å². The number of hydrogen-bond acceptors (Lipinski definition) is 2. The van der Waals surface area contributed by atoms with Crippen LogP contribution in [0.3, 0.4) is 0 Å². The summed E-state index contributed by atoms with van der Waals surface area (Å²) >= 11 is 0. The van der Waals surface area contributed by atoms with Crippen LogP contribution < -0.4 is 0 Å². The summed E-state index contributed by atoms with van der Waals surface area (Å²) < 4.78 is 0. The van der Waals surface area contributed by atoms with Crippen LogP contribution in [0.4, 0.5) is 0 Å². The van der Waals surface area contributed by atoms with Crippen molar-refractivity contribution in [1.29, 1.82) is 0 Å². The third-order valence-electron chi connectivity index (χ3n) is 5.06. The minimum atomic E-state index is -1.73. The Labute approximate surface area is 113 Å². The van der Waals surface area contributed by atoms with Crippen molar-refractivity contribution in [3.05, 3.63) is 12.2 Å². The lowest BCUT2D eigenvalue weighted by Crippen LogP contribution is -2.54. The lowest BCUT2D eigenvalue weighted by atomic mass is 10.0. The van der Waals surface area contributed by atoms with E-state index in [0.717, 1.165) is 0 Å². The SMILES string of the molecule is CC(C)[Si](C(C)C)(C(C)C)[C@@H]1C=CC[C@@H](O)[C@H]1O. The largest absolute Gasteiger partial charge is 0.390 e. The van der Waals surface area contributed by atoms with Gasteiger partial charge in [0.15, 0.2) is 0 Å². The molecule has 2 nitrogen and oxygen atoms in total. The maximum Gasteiger partial charge on any atom is 0.0841 e. The second-order valence-corrected chi connectivity index (χ2v) is 12.8. The maximum absolute atomic E-state index is 10.5. The molecule has 18 heavy (non-hydrogen) atoms. The van der Waals surface area contributed by atoms with Gasteiger partial charge in [-0.1, -0.05) is 70.3 Å². The fourth-order valence-corrected chi connectivity index (χ4v) is 12.1. The van der Waals surface area contributed by atoms with E-state index in [0.29, 0.717) is 23.0 Å². The van der Waals surface area contributed by atoms with Crippen LogP contribution >= 0.6 is 0 Å². The van der Waals surface area contributed by atoms with Crippen LogP contribution in [0, 0.1) is 0 Å². The second kappa shape index (κ2) is 5.89. The van der Waals surface area contributed by atoms with Crippen LogP contribution in [0.2, 0.25) is 22.2 Å². The maximum atomic E-state index is 10.5. The zero-order chi connectivity index (χ0) is 14.1. The molecule has 0 saturated heterocycles. The molecular weight excluding hydrogens is 240 g/mol. The van der Waals surface area contributed by atoms with E-state index in [1.807, 2.05) is 0 Å². The Morgan fingerprint density at radius 2 is 1.39 bits per heavy atom. The van der Waals surface area contributed by atoms with Gasteiger partial charge in [0.05, 0.1) is 20.3 Å². The summed E-state index contributed by atoms with van der Waals surface area (Å²) in [6.07, 6.45) is 3.70. The molecule has 1 aliphatic rings. The van der Waals surface area contributed by atoms with Crippen molar-refractivity contribution in [2.75, 3.05) is 0 Å². The first-order chi connectivity index (χ1) is 8.26. The van der Waals surface area contributed by atoms with Gasteiger partial charge in [0.2, 0.25) is 0 Å². The van der Waals surface area contributed by atoms with E-state index < -0.39 is 20.3 Å². The van der Waals surface area contributed by atoms with Crippen molar-refractivity contribution in [3.8, 4) is 0 Å². The molecule has 3 heteroatoms. The van der Waals surface area contributed by atoms with Gasteiger partial charge in [-0.25, -0.2) is 0 Å². The monoisotopic (exact) mass is 270 g/mol. The molecule has 0 aromatic carbocycles. The first-order valence-electron chi connectivity index (χ1n) is 7.29. The standard InChI is InChI=1S/C15H30O2Si/c1-10(2)18(11(3)4,12(5)6)14-9-7-8-13(16)15(14)17/h7,9-17H,8H2,1-6H3/t13-,14-,15-/m1/s1. The van der Waals surface area contributed by atoms with Crippen molar-refractivity contribution < 1.29 is 10.2 Å². The zero-order valence-corrected chi connectivity index (χ0v) is 13.7. The normalized spacial score (nSPS) is 29.6. The van der Waals surface area contributed by atoms with Crippen molar-refractivity contribution in [3.63, 3.8) is 0 Å². The van der Waals surface area contributed by atoms with E-state index >= 15 is 0 Å². The molecule has 0 heterocycles. The summed E-state index contributed by atoms with van der Waals surface area (Å²) in [5.41, 5.74) is 1.99. The molecule has 1 rings (SSSR count). The Bertz CT molecular complexity index is 275. The average molecular weight is 270 g/mol. The molecular formula is C15H30O2Si. The predicted molar refractivity (Wildman–Crippen MR) is 80.6 cm³/mol. The van der Waals surface area contributed by atoms with E-state index in [1.165, 1.54) is 0 Å². The first-order valence-corrected chi connectivity index (χ1v) is 9.59. The molecule has 106 valence electrons. The van der Waals surface area contributed by atoms with Crippen molar-refractivity contribution in [1.82, 2.24) is 0 Å². The highest BCUT2D eigenvalue weighted by atomic mass is 28.3. The molecule has 0 aromatic heterocycles. The fourth-order valence-electron chi connectivity index (χ4n) is 4.47. The summed E-state index contributed by atoms with van der Waals surface area (Å²) in [4.78, 5) is 0. The number of rotatable bonds is 4. The fraction of sp³-hybridized carbons (Fsp3) is 0.867. The van der Waals surface area contributed by atoms with Crippen LogP contribution in [-0.4, -0.2) is 30.5 Å². The quantitative estimate of drug-likeness (QED) is 0.604. The average Bonchev–Trinajstić information content (AvgIpc) is 2.23. The molecule has 0 aromatic rings. The van der Waals surface area contributed by atoms with Gasteiger partial charge in [-0.15, -0.1) is 0 Å². The minimum absolute atomic E-state index is 0.182. The molecule has 0 bridgehead atoms. The smallest absolute Gasteiger partial charge is 0.0841 e. The molecule has 1 aliphatic carbocycles. The van der Waals surface area contributed by atoms with Gasteiger partial charge in [0, 0.05) is 5.54 Å². The molecule has 2 N–H and O–H groups in total. The summed E-state index contributed by atoms with van der Waals surface area (Å²) in [6.45, 7) is 13.8. The van der Waals surface area contributed by atoms with Crippen molar-refractivity contribution in [2.45, 2.75) is 82.3 Å². The minimum Gasteiger partial charge on any atom is -0.390 e. The van der Waals surface area contributed by atoms with Gasteiger partial charge in [-0.2, -0.15) is 0 Å². The highest BCUT2D eigenvalue weighted by Gasteiger charge is 2.51. The second-order valence-electron chi connectivity index (χ2n) is 6.71. The van der Waals surface area contributed by atoms with Gasteiger partial charge in [-0.3, -0.25) is 0 Å². The van der Waals surface area contributed by atoms with Crippen LogP contribution in [-0.2, 0) is 0 Å². The number of aliphatic hydroxyl groups excluding tert-OH is 2. The number of aliphatic hydroxyl groups is 2. The molecule has 0 amide bonds. The van der Waals surface area contributed by atoms with Gasteiger partial charge < -0.3 is 10.2 Å². The lowest BCUT2D eigenvalue weighted by Gasteiger charge is -2.51. The molecule has 0 radical (unpaired) electrons. The summed E-state index contributed by atoms with van der Waals surface area (Å²) in [5, 5.41) is 20.4. The summed E-state index contributed by atoms with van der Waals surface area (Å²) in [6, 6.07) is 0. The summed E-state index contributed by atoms with van der Waals surface area (Å²) in [5.74, 6) is 0. The number of hydrogen-bond donors (Lipinski definition) is 2. The lowest BCUT2D eigenvalue weighted by molar-refractivity contribution is 0.0172. The van der Waals surface area contributed by atoms with Crippen LogP contribution in [0.1, 0.15) is 48.0 Å². The Hall–Kier alpha value is -0.123. The molecule has 3 atom stereocenters. The van der Waals surface area contributed by atoms with Gasteiger partial charge in [0.25, 0.3) is 0 Å². The van der Waals surface area contributed by atoms with Crippen molar-refractivity contribution >= 4 is 8.07 Å². The predicted octanol–water partition coefficient (Wildman–Crippen LogP) is 3.72. The highest BCUT2D eigenvalue weighted by molar-refractivity contribution is 6.85. The Morgan fingerprint density at radius 1 is 0.944 bits per heavy atom. The van der Waals surface area contributed by atoms with Gasteiger partial charge in [0.1, 0.15) is 0 Å². The van der Waals surface area contributed by atoms with Crippen LogP contribution in [0.5, 0.6) is 0 Å². The molecule has 0 spiro atoms. The molecule has 0 unspecified atom stereocenters. The summed E-state index contributed by atoms with van der Waals surface area (Å²) in [7, 11) is -1.73. The highest BCUT2D eigenvalue weighted by Crippen LogP contribution is 2.52. The van der Waals surface area contributed by atoms with E-state index in [4.69, 9.17) is 0 Å². The third kappa shape index (κ3) is 2.45.